The second-order valence-electron chi connectivity index (χ2n) is 4.59. The van der Waals surface area contributed by atoms with Crippen LogP contribution in [0.25, 0.3) is 0 Å². The first kappa shape index (κ1) is 14.5. The van der Waals surface area contributed by atoms with Crippen LogP contribution in [0.2, 0.25) is 0 Å². The van der Waals surface area contributed by atoms with Crippen LogP contribution in [0.15, 0.2) is 29.9 Å². The van der Waals surface area contributed by atoms with Gasteiger partial charge in [-0.25, -0.2) is 4.98 Å². The molecule has 2 rings (SSSR count). The molecule has 6 heteroatoms. The Bertz CT molecular complexity index is 570. The van der Waals surface area contributed by atoms with Crippen molar-refractivity contribution in [2.24, 2.45) is 0 Å². The van der Waals surface area contributed by atoms with Crippen LogP contribution in [-0.4, -0.2) is 40.9 Å². The number of anilines is 1. The minimum absolute atomic E-state index is 0.112. The molecule has 0 saturated heterocycles. The molecule has 0 aliphatic carbocycles. The van der Waals surface area contributed by atoms with Gasteiger partial charge in [0.2, 0.25) is 0 Å². The largest absolute Gasteiger partial charge is 0.372 e. The lowest BCUT2D eigenvalue weighted by atomic mass is 10.2. The summed E-state index contributed by atoms with van der Waals surface area (Å²) in [7, 11) is 3.55. The van der Waals surface area contributed by atoms with Crippen molar-refractivity contribution in [1.82, 2.24) is 14.9 Å². The fourth-order valence-electron chi connectivity index (χ4n) is 1.83. The minimum atomic E-state index is -0.112. The van der Waals surface area contributed by atoms with Crippen molar-refractivity contribution in [1.29, 1.82) is 0 Å². The number of aromatic nitrogens is 2. The Hall–Kier alpha value is -1.95. The molecule has 20 heavy (non-hydrogen) atoms. The van der Waals surface area contributed by atoms with Crippen LogP contribution in [0.4, 0.5) is 5.82 Å². The minimum Gasteiger partial charge on any atom is -0.372 e. The van der Waals surface area contributed by atoms with Gasteiger partial charge >= 0.3 is 0 Å². The van der Waals surface area contributed by atoms with Gasteiger partial charge in [-0.3, -0.25) is 9.78 Å². The van der Waals surface area contributed by atoms with Crippen LogP contribution in [0, 0.1) is 0 Å². The molecule has 1 N–H and O–H groups in total. The van der Waals surface area contributed by atoms with E-state index in [9.17, 15) is 4.79 Å². The molecule has 2 aromatic rings. The Morgan fingerprint density at radius 3 is 2.95 bits per heavy atom. The van der Waals surface area contributed by atoms with Crippen LogP contribution in [-0.2, 0) is 6.42 Å². The number of rotatable bonds is 5. The topological polar surface area (TPSA) is 58.1 Å². The standard InChI is InChI=1S/C14H18N4OS/c1-10(7-11-5-4-6-20-11)18(3)14(19)12-8-16-9-13(15-2)17-12/h4-6,8-10H,7H2,1-3H3,(H,15,17). The SMILES string of the molecule is CNc1cncc(C(=O)N(C)C(C)Cc2cccs2)n1. The first-order valence-electron chi connectivity index (χ1n) is 6.41. The molecule has 0 spiro atoms. The van der Waals surface area contributed by atoms with Crippen molar-refractivity contribution in [3.8, 4) is 0 Å². The fraction of sp³-hybridized carbons (Fsp3) is 0.357. The van der Waals surface area contributed by atoms with E-state index < -0.39 is 0 Å². The van der Waals surface area contributed by atoms with Crippen molar-refractivity contribution in [3.05, 3.63) is 40.5 Å². The monoisotopic (exact) mass is 290 g/mol. The molecule has 0 saturated carbocycles. The van der Waals surface area contributed by atoms with Crippen LogP contribution in [0.1, 0.15) is 22.3 Å². The van der Waals surface area contributed by atoms with Crippen LogP contribution >= 0.6 is 11.3 Å². The molecule has 2 aromatic heterocycles. The molecule has 106 valence electrons. The second-order valence-corrected chi connectivity index (χ2v) is 5.62. The normalized spacial score (nSPS) is 11.9. The lowest BCUT2D eigenvalue weighted by molar-refractivity contribution is 0.0737. The molecule has 0 aliphatic heterocycles. The maximum Gasteiger partial charge on any atom is 0.274 e. The third kappa shape index (κ3) is 3.33. The van der Waals surface area contributed by atoms with Gasteiger partial charge in [-0.15, -0.1) is 11.3 Å². The summed E-state index contributed by atoms with van der Waals surface area (Å²) in [6.45, 7) is 2.03. The highest BCUT2D eigenvalue weighted by molar-refractivity contribution is 7.09. The molecular weight excluding hydrogens is 272 g/mol. The van der Waals surface area contributed by atoms with E-state index in [1.165, 1.54) is 11.1 Å². The number of amides is 1. The molecule has 1 unspecified atom stereocenters. The summed E-state index contributed by atoms with van der Waals surface area (Å²) in [5.74, 6) is 0.480. The van der Waals surface area contributed by atoms with Crippen LogP contribution in [0.5, 0.6) is 0 Å². The van der Waals surface area contributed by atoms with Gasteiger partial charge in [0.05, 0.1) is 12.4 Å². The average Bonchev–Trinajstić information content (AvgIpc) is 2.98. The Kier molecular flexibility index (Phi) is 4.68. The van der Waals surface area contributed by atoms with Crippen molar-refractivity contribution >= 4 is 23.1 Å². The Morgan fingerprint density at radius 1 is 1.50 bits per heavy atom. The predicted octanol–water partition coefficient (Wildman–Crippen LogP) is 2.28. The number of likely N-dealkylation sites (N-methyl/N-ethyl adjacent to an activating group) is 1. The van der Waals surface area contributed by atoms with Gasteiger partial charge in [0.1, 0.15) is 11.5 Å². The third-order valence-corrected chi connectivity index (χ3v) is 4.07. The zero-order chi connectivity index (χ0) is 14.5. The first-order chi connectivity index (χ1) is 9.61. The molecule has 0 radical (unpaired) electrons. The summed E-state index contributed by atoms with van der Waals surface area (Å²) >= 11 is 1.71. The fourth-order valence-corrected chi connectivity index (χ4v) is 2.65. The summed E-state index contributed by atoms with van der Waals surface area (Å²) < 4.78 is 0. The highest BCUT2D eigenvalue weighted by Gasteiger charge is 2.19. The highest BCUT2D eigenvalue weighted by atomic mass is 32.1. The average molecular weight is 290 g/mol. The Balaban J connectivity index is 2.07. The molecule has 0 bridgehead atoms. The molecule has 0 aromatic carbocycles. The smallest absolute Gasteiger partial charge is 0.274 e. The van der Waals surface area contributed by atoms with Crippen molar-refractivity contribution < 1.29 is 4.79 Å². The van der Waals surface area contributed by atoms with Crippen molar-refractivity contribution in [3.63, 3.8) is 0 Å². The van der Waals surface area contributed by atoms with Gasteiger partial charge in [0, 0.05) is 31.4 Å². The van der Waals surface area contributed by atoms with E-state index in [2.05, 4.69) is 21.4 Å². The maximum atomic E-state index is 12.4. The second kappa shape index (κ2) is 6.47. The number of carbonyl (C=O) groups excluding carboxylic acids is 1. The van der Waals surface area contributed by atoms with E-state index in [1.54, 1.807) is 36.5 Å². The number of hydrogen-bond donors (Lipinski definition) is 1. The number of hydrogen-bond acceptors (Lipinski definition) is 5. The van der Waals surface area contributed by atoms with Gasteiger partial charge in [-0.2, -0.15) is 0 Å². The van der Waals surface area contributed by atoms with E-state index in [1.807, 2.05) is 18.4 Å². The van der Waals surface area contributed by atoms with Crippen LogP contribution in [0.3, 0.4) is 0 Å². The van der Waals surface area contributed by atoms with Crippen molar-refractivity contribution in [2.45, 2.75) is 19.4 Å². The Morgan fingerprint density at radius 2 is 2.30 bits per heavy atom. The number of carbonyl (C=O) groups is 1. The van der Waals surface area contributed by atoms with E-state index in [0.717, 1.165) is 6.42 Å². The highest BCUT2D eigenvalue weighted by Crippen LogP contribution is 2.15. The molecule has 0 fully saturated rings. The summed E-state index contributed by atoms with van der Waals surface area (Å²) in [6.07, 6.45) is 3.93. The zero-order valence-corrected chi connectivity index (χ0v) is 12.6. The van der Waals surface area contributed by atoms with Gasteiger partial charge < -0.3 is 10.2 Å². The molecular formula is C14H18N4OS. The van der Waals surface area contributed by atoms with Gasteiger partial charge in [0.25, 0.3) is 5.91 Å². The summed E-state index contributed by atoms with van der Waals surface area (Å²) in [5.41, 5.74) is 0.359. The zero-order valence-electron chi connectivity index (χ0n) is 11.8. The number of nitrogens with one attached hydrogen (secondary N) is 1. The molecule has 5 nitrogen and oxygen atoms in total. The summed E-state index contributed by atoms with van der Waals surface area (Å²) in [6, 6.07) is 4.22. The number of nitrogens with zero attached hydrogens (tertiary/aromatic N) is 3. The molecule has 1 atom stereocenters. The quantitative estimate of drug-likeness (QED) is 0.918. The molecule has 0 aliphatic rings. The van der Waals surface area contributed by atoms with E-state index in [-0.39, 0.29) is 11.9 Å². The first-order valence-corrected chi connectivity index (χ1v) is 7.29. The van der Waals surface area contributed by atoms with Crippen LogP contribution < -0.4 is 5.32 Å². The molecule has 2 heterocycles. The lowest BCUT2D eigenvalue weighted by Gasteiger charge is -2.24. The summed E-state index contributed by atoms with van der Waals surface area (Å²) in [5, 5.41) is 4.93. The maximum absolute atomic E-state index is 12.4. The van der Waals surface area contributed by atoms with Crippen molar-refractivity contribution in [2.75, 3.05) is 19.4 Å². The van der Waals surface area contributed by atoms with E-state index in [4.69, 9.17) is 0 Å². The molecule has 1 amide bonds. The summed E-state index contributed by atoms with van der Waals surface area (Å²) in [4.78, 5) is 23.6. The predicted molar refractivity (Wildman–Crippen MR) is 81.2 cm³/mol. The van der Waals surface area contributed by atoms with Gasteiger partial charge in [-0.05, 0) is 18.4 Å². The third-order valence-electron chi connectivity index (χ3n) is 3.17. The van der Waals surface area contributed by atoms with E-state index >= 15 is 0 Å². The lowest BCUT2D eigenvalue weighted by Crippen LogP contribution is -2.36. The Labute approximate surface area is 122 Å². The van der Waals surface area contributed by atoms with Gasteiger partial charge in [-0.1, -0.05) is 6.07 Å². The number of thiophene rings is 1. The van der Waals surface area contributed by atoms with Gasteiger partial charge in [0.15, 0.2) is 0 Å². The van der Waals surface area contributed by atoms with E-state index in [0.29, 0.717) is 11.5 Å².